The second kappa shape index (κ2) is 5.75. The predicted molar refractivity (Wildman–Crippen MR) is 79.8 cm³/mol. The number of halogens is 1. The number of amides is 2. The molecule has 2 heterocycles. The zero-order valence-corrected chi connectivity index (χ0v) is 12.2. The number of aromatic amines is 1. The van der Waals surface area contributed by atoms with E-state index in [0.717, 1.165) is 6.42 Å². The normalized spacial score (nSPS) is 18.2. The average molecular weight is 304 g/mol. The summed E-state index contributed by atoms with van der Waals surface area (Å²) in [7, 11) is 0. The third-order valence-corrected chi connectivity index (χ3v) is 3.82. The van der Waals surface area contributed by atoms with Crippen LogP contribution in [0.15, 0.2) is 18.2 Å². The van der Waals surface area contributed by atoms with Gasteiger partial charge in [-0.05, 0) is 18.6 Å². The number of nitrogens with zero attached hydrogens (tertiary/aromatic N) is 2. The molecule has 2 N–H and O–H groups in total. The van der Waals surface area contributed by atoms with E-state index in [0.29, 0.717) is 12.1 Å². The van der Waals surface area contributed by atoms with Crippen molar-refractivity contribution in [2.75, 3.05) is 18.0 Å². The Morgan fingerprint density at radius 2 is 2.36 bits per heavy atom. The highest BCUT2D eigenvalue weighted by Gasteiger charge is 2.37. The summed E-state index contributed by atoms with van der Waals surface area (Å²) in [6.45, 7) is 2.77. The molecule has 0 bridgehead atoms. The van der Waals surface area contributed by atoms with E-state index >= 15 is 0 Å². The summed E-state index contributed by atoms with van der Waals surface area (Å²) in [6.07, 6.45) is 0.962. The van der Waals surface area contributed by atoms with Crippen LogP contribution in [-0.2, 0) is 9.59 Å². The minimum absolute atomic E-state index is 0.123. The molecule has 2 amide bonds. The Morgan fingerprint density at radius 3 is 3.14 bits per heavy atom. The Hall–Kier alpha value is -2.44. The summed E-state index contributed by atoms with van der Waals surface area (Å²) in [5.74, 6) is -0.958. The Kier molecular flexibility index (Phi) is 3.79. The maximum absolute atomic E-state index is 14.0. The summed E-state index contributed by atoms with van der Waals surface area (Å²) in [6, 6.07) is 4.60. The van der Waals surface area contributed by atoms with E-state index in [1.54, 1.807) is 12.1 Å². The number of fused-ring (bicyclic) bond motifs is 1. The molecule has 1 aliphatic rings. The summed E-state index contributed by atoms with van der Waals surface area (Å²) in [5, 5.41) is 9.85. The molecule has 0 radical (unpaired) electrons. The van der Waals surface area contributed by atoms with Gasteiger partial charge in [0.1, 0.15) is 5.82 Å². The number of anilines is 1. The van der Waals surface area contributed by atoms with Crippen LogP contribution in [0.5, 0.6) is 0 Å². The fraction of sp³-hybridized carbons (Fsp3) is 0.400. The molecule has 0 unspecified atom stereocenters. The molecule has 0 saturated carbocycles. The molecule has 1 aromatic heterocycles. The fourth-order valence-electron chi connectivity index (χ4n) is 2.69. The van der Waals surface area contributed by atoms with E-state index in [1.807, 2.05) is 6.92 Å². The second-order valence-corrected chi connectivity index (χ2v) is 5.41. The lowest BCUT2D eigenvalue weighted by atomic mass is 10.1. The molecule has 1 fully saturated rings. The molecular weight excluding hydrogens is 287 g/mol. The molecule has 6 nitrogen and oxygen atoms in total. The van der Waals surface area contributed by atoms with Crippen LogP contribution in [0.4, 0.5) is 10.2 Å². The van der Waals surface area contributed by atoms with Gasteiger partial charge in [-0.3, -0.25) is 19.6 Å². The SMILES string of the molecule is CCCNC(=O)[C@H]1CC(=O)N(c2n[nH]c3cccc(F)c23)C1. The minimum atomic E-state index is -0.437. The Bertz CT molecular complexity index is 727. The van der Waals surface area contributed by atoms with Gasteiger partial charge in [0.15, 0.2) is 5.82 Å². The highest BCUT2D eigenvalue weighted by atomic mass is 19.1. The number of hydrogen-bond acceptors (Lipinski definition) is 3. The molecule has 0 aliphatic carbocycles. The van der Waals surface area contributed by atoms with Gasteiger partial charge in [-0.1, -0.05) is 13.0 Å². The van der Waals surface area contributed by atoms with E-state index in [1.165, 1.54) is 11.0 Å². The lowest BCUT2D eigenvalue weighted by Crippen LogP contribution is -2.33. The molecule has 22 heavy (non-hydrogen) atoms. The van der Waals surface area contributed by atoms with Crippen molar-refractivity contribution in [3.8, 4) is 0 Å². The molecule has 7 heteroatoms. The van der Waals surface area contributed by atoms with Crippen molar-refractivity contribution in [2.24, 2.45) is 5.92 Å². The second-order valence-electron chi connectivity index (χ2n) is 5.41. The first-order valence-electron chi connectivity index (χ1n) is 7.32. The number of carbonyl (C=O) groups excluding carboxylic acids is 2. The first-order chi connectivity index (χ1) is 10.6. The first kappa shape index (κ1) is 14.5. The molecule has 1 aromatic carbocycles. The van der Waals surface area contributed by atoms with E-state index in [2.05, 4.69) is 15.5 Å². The molecular formula is C15H17FN4O2. The third-order valence-electron chi connectivity index (χ3n) is 3.82. The van der Waals surface area contributed by atoms with Crippen molar-refractivity contribution in [2.45, 2.75) is 19.8 Å². The molecule has 1 aliphatic heterocycles. The highest BCUT2D eigenvalue weighted by Crippen LogP contribution is 2.31. The van der Waals surface area contributed by atoms with Gasteiger partial charge in [0.2, 0.25) is 11.8 Å². The average Bonchev–Trinajstić information content (AvgIpc) is 3.09. The minimum Gasteiger partial charge on any atom is -0.356 e. The van der Waals surface area contributed by atoms with Gasteiger partial charge in [-0.2, -0.15) is 5.10 Å². The van der Waals surface area contributed by atoms with Crippen molar-refractivity contribution in [3.63, 3.8) is 0 Å². The van der Waals surface area contributed by atoms with Gasteiger partial charge in [-0.15, -0.1) is 0 Å². The molecule has 0 spiro atoms. The van der Waals surface area contributed by atoms with Crippen molar-refractivity contribution in [3.05, 3.63) is 24.0 Å². The van der Waals surface area contributed by atoms with E-state index in [4.69, 9.17) is 0 Å². The van der Waals surface area contributed by atoms with Crippen LogP contribution < -0.4 is 10.2 Å². The van der Waals surface area contributed by atoms with Crippen LogP contribution in [0.25, 0.3) is 10.9 Å². The maximum Gasteiger partial charge on any atom is 0.229 e. The van der Waals surface area contributed by atoms with Crippen molar-refractivity contribution in [1.82, 2.24) is 15.5 Å². The van der Waals surface area contributed by atoms with Crippen molar-refractivity contribution < 1.29 is 14.0 Å². The molecule has 1 atom stereocenters. The van der Waals surface area contributed by atoms with Crippen LogP contribution in [0.3, 0.4) is 0 Å². The van der Waals surface area contributed by atoms with Gasteiger partial charge in [-0.25, -0.2) is 4.39 Å². The van der Waals surface area contributed by atoms with Gasteiger partial charge in [0, 0.05) is 19.5 Å². The lowest BCUT2D eigenvalue weighted by molar-refractivity contribution is -0.126. The maximum atomic E-state index is 14.0. The predicted octanol–water partition coefficient (Wildman–Crippen LogP) is 1.58. The largest absolute Gasteiger partial charge is 0.356 e. The van der Waals surface area contributed by atoms with Crippen molar-refractivity contribution in [1.29, 1.82) is 0 Å². The number of benzene rings is 1. The summed E-state index contributed by atoms with van der Waals surface area (Å²) in [5.41, 5.74) is 0.529. The van der Waals surface area contributed by atoms with Gasteiger partial charge in [0.25, 0.3) is 0 Å². The van der Waals surface area contributed by atoms with E-state index < -0.39 is 11.7 Å². The quantitative estimate of drug-likeness (QED) is 0.900. The topological polar surface area (TPSA) is 78.1 Å². The zero-order valence-electron chi connectivity index (χ0n) is 12.2. The summed E-state index contributed by atoms with van der Waals surface area (Å²) in [4.78, 5) is 25.6. The Labute approximate surface area is 126 Å². The first-order valence-corrected chi connectivity index (χ1v) is 7.32. The van der Waals surface area contributed by atoms with E-state index in [9.17, 15) is 14.0 Å². The molecule has 2 aromatic rings. The van der Waals surface area contributed by atoms with Crippen LogP contribution in [0.2, 0.25) is 0 Å². The number of H-pyrrole nitrogens is 1. The molecule has 1 saturated heterocycles. The fourth-order valence-corrected chi connectivity index (χ4v) is 2.69. The third kappa shape index (κ3) is 2.43. The van der Waals surface area contributed by atoms with Gasteiger partial charge in [0.05, 0.1) is 16.8 Å². The summed E-state index contributed by atoms with van der Waals surface area (Å²) >= 11 is 0. The van der Waals surface area contributed by atoms with Crippen LogP contribution >= 0.6 is 0 Å². The highest BCUT2D eigenvalue weighted by molar-refractivity contribution is 6.05. The monoisotopic (exact) mass is 304 g/mol. The zero-order chi connectivity index (χ0) is 15.7. The van der Waals surface area contributed by atoms with Crippen LogP contribution in [0, 0.1) is 11.7 Å². The number of carbonyl (C=O) groups is 2. The van der Waals surface area contributed by atoms with Gasteiger partial charge < -0.3 is 5.32 Å². The lowest BCUT2D eigenvalue weighted by Gasteiger charge is -2.14. The number of rotatable bonds is 4. The van der Waals surface area contributed by atoms with Crippen molar-refractivity contribution >= 4 is 28.5 Å². The standard InChI is InChI=1S/C15H17FN4O2/c1-2-6-17-15(22)9-7-12(21)20(8-9)14-13-10(16)4-3-5-11(13)18-19-14/h3-5,9H,2,6-8H2,1H3,(H,17,22)(H,18,19)/t9-/m0/s1. The smallest absolute Gasteiger partial charge is 0.229 e. The van der Waals surface area contributed by atoms with Gasteiger partial charge >= 0.3 is 0 Å². The number of nitrogens with one attached hydrogen (secondary N) is 2. The molecule has 116 valence electrons. The number of hydrogen-bond donors (Lipinski definition) is 2. The molecule has 3 rings (SSSR count). The number of aromatic nitrogens is 2. The summed E-state index contributed by atoms with van der Waals surface area (Å²) < 4.78 is 14.0. The Balaban J connectivity index is 1.86. The van der Waals surface area contributed by atoms with Crippen LogP contribution in [0.1, 0.15) is 19.8 Å². The van der Waals surface area contributed by atoms with Crippen LogP contribution in [-0.4, -0.2) is 35.1 Å². The van der Waals surface area contributed by atoms with E-state index in [-0.39, 0.29) is 36.0 Å². The Morgan fingerprint density at radius 1 is 1.55 bits per heavy atom.